The number of aromatic nitrogens is 1. The number of amides is 1. The van der Waals surface area contributed by atoms with Gasteiger partial charge in [-0.05, 0) is 55.7 Å². The lowest BCUT2D eigenvalue weighted by atomic mass is 10.1. The van der Waals surface area contributed by atoms with E-state index in [4.69, 9.17) is 4.74 Å². The van der Waals surface area contributed by atoms with Crippen LogP contribution in [0.3, 0.4) is 0 Å². The van der Waals surface area contributed by atoms with Crippen molar-refractivity contribution in [2.45, 2.75) is 37.7 Å². The zero-order chi connectivity index (χ0) is 19.4. The van der Waals surface area contributed by atoms with Crippen LogP contribution in [0.4, 0.5) is 5.69 Å². The first kappa shape index (κ1) is 19.3. The van der Waals surface area contributed by atoms with Crippen LogP contribution < -0.4 is 10.1 Å². The Labute approximate surface area is 159 Å². The molecule has 0 spiro atoms. The standard InChI is InChI=1S/C19H23N3O4S/c1-14-12-16(21-15(2)23)5-6-19(14)27(24,25)22-11-3-4-18(13-22)26-17-7-9-20-10-8-17/h5-10,12,18H,3-4,11,13H2,1-2H3,(H,21,23)/t18-/m1/s1. The van der Waals surface area contributed by atoms with Crippen molar-refractivity contribution < 1.29 is 17.9 Å². The third kappa shape index (κ3) is 4.64. The van der Waals surface area contributed by atoms with Gasteiger partial charge in [0.15, 0.2) is 0 Å². The molecule has 1 N–H and O–H groups in total. The van der Waals surface area contributed by atoms with Crippen LogP contribution in [0.25, 0.3) is 0 Å². The Morgan fingerprint density at radius 2 is 2.00 bits per heavy atom. The van der Waals surface area contributed by atoms with Gasteiger partial charge in [0.05, 0.1) is 11.4 Å². The molecule has 1 aromatic heterocycles. The Bertz CT molecular complexity index is 916. The lowest BCUT2D eigenvalue weighted by Crippen LogP contribution is -2.44. The molecule has 1 amide bonds. The van der Waals surface area contributed by atoms with Crippen LogP contribution in [0.2, 0.25) is 0 Å². The maximum Gasteiger partial charge on any atom is 0.243 e. The SMILES string of the molecule is CC(=O)Nc1ccc(S(=O)(=O)N2CCC[C@@H](Oc3ccncc3)C2)c(C)c1. The normalized spacial score (nSPS) is 18.1. The summed E-state index contributed by atoms with van der Waals surface area (Å²) in [5.41, 5.74) is 1.18. The minimum atomic E-state index is -3.63. The fourth-order valence-corrected chi connectivity index (χ4v) is 4.90. The number of carbonyl (C=O) groups is 1. The van der Waals surface area contributed by atoms with Gasteiger partial charge in [-0.3, -0.25) is 9.78 Å². The molecule has 2 aromatic rings. The highest BCUT2D eigenvalue weighted by Crippen LogP contribution is 2.27. The summed E-state index contributed by atoms with van der Waals surface area (Å²) in [6, 6.07) is 8.35. The second kappa shape index (κ2) is 8.06. The Morgan fingerprint density at radius 3 is 2.67 bits per heavy atom. The van der Waals surface area contributed by atoms with E-state index in [9.17, 15) is 13.2 Å². The fourth-order valence-electron chi connectivity index (χ4n) is 3.19. The molecule has 3 rings (SSSR count). The molecule has 7 nitrogen and oxygen atoms in total. The number of aryl methyl sites for hydroxylation is 1. The minimum Gasteiger partial charge on any atom is -0.489 e. The molecule has 144 valence electrons. The number of anilines is 1. The van der Waals surface area contributed by atoms with E-state index in [1.807, 2.05) is 0 Å². The van der Waals surface area contributed by atoms with Crippen LogP contribution in [0.5, 0.6) is 5.75 Å². The lowest BCUT2D eigenvalue weighted by molar-refractivity contribution is -0.114. The average molecular weight is 389 g/mol. The molecule has 1 aliphatic rings. The summed E-state index contributed by atoms with van der Waals surface area (Å²) in [5, 5.41) is 2.67. The number of hydrogen-bond acceptors (Lipinski definition) is 5. The number of ether oxygens (including phenoxy) is 1. The summed E-state index contributed by atoms with van der Waals surface area (Å²) in [6.45, 7) is 3.91. The molecule has 1 saturated heterocycles. The topological polar surface area (TPSA) is 88.6 Å². The van der Waals surface area contributed by atoms with Crippen LogP contribution in [0, 0.1) is 6.92 Å². The van der Waals surface area contributed by atoms with Crippen molar-refractivity contribution in [3.63, 3.8) is 0 Å². The number of nitrogens with one attached hydrogen (secondary N) is 1. The number of rotatable bonds is 5. The number of pyridine rings is 1. The largest absolute Gasteiger partial charge is 0.489 e. The van der Waals surface area contributed by atoms with Crippen LogP contribution in [0.15, 0.2) is 47.6 Å². The molecule has 0 aliphatic carbocycles. The molecular formula is C19H23N3O4S. The van der Waals surface area contributed by atoms with Gasteiger partial charge in [-0.1, -0.05) is 0 Å². The van der Waals surface area contributed by atoms with Crippen molar-refractivity contribution in [1.82, 2.24) is 9.29 Å². The van der Waals surface area contributed by atoms with Gasteiger partial charge >= 0.3 is 0 Å². The van der Waals surface area contributed by atoms with Gasteiger partial charge in [-0.2, -0.15) is 4.31 Å². The van der Waals surface area contributed by atoms with Crippen molar-refractivity contribution in [3.05, 3.63) is 48.3 Å². The highest BCUT2D eigenvalue weighted by molar-refractivity contribution is 7.89. The van der Waals surface area contributed by atoms with Crippen LogP contribution in [-0.2, 0) is 14.8 Å². The summed E-state index contributed by atoms with van der Waals surface area (Å²) in [7, 11) is -3.63. The molecule has 8 heteroatoms. The summed E-state index contributed by atoms with van der Waals surface area (Å²) in [4.78, 5) is 15.4. The highest BCUT2D eigenvalue weighted by atomic mass is 32.2. The fraction of sp³-hybridized carbons (Fsp3) is 0.368. The van der Waals surface area contributed by atoms with Gasteiger partial charge in [-0.15, -0.1) is 0 Å². The molecule has 0 radical (unpaired) electrons. The monoisotopic (exact) mass is 389 g/mol. The second-order valence-electron chi connectivity index (χ2n) is 6.59. The molecule has 0 saturated carbocycles. The number of hydrogen-bond donors (Lipinski definition) is 1. The smallest absolute Gasteiger partial charge is 0.243 e. The van der Waals surface area contributed by atoms with Gasteiger partial charge in [0.1, 0.15) is 11.9 Å². The quantitative estimate of drug-likeness (QED) is 0.849. The zero-order valence-electron chi connectivity index (χ0n) is 15.4. The number of nitrogens with zero attached hydrogens (tertiary/aromatic N) is 2. The molecule has 1 aliphatic heterocycles. The Morgan fingerprint density at radius 1 is 1.26 bits per heavy atom. The van der Waals surface area contributed by atoms with Crippen molar-refractivity contribution in [1.29, 1.82) is 0 Å². The Balaban J connectivity index is 1.77. The summed E-state index contributed by atoms with van der Waals surface area (Å²) in [6.07, 6.45) is 4.63. The minimum absolute atomic E-state index is 0.197. The van der Waals surface area contributed by atoms with Gasteiger partial charge in [-0.25, -0.2) is 8.42 Å². The molecule has 27 heavy (non-hydrogen) atoms. The number of piperidine rings is 1. The van der Waals surface area contributed by atoms with Crippen molar-refractivity contribution in [2.75, 3.05) is 18.4 Å². The Kier molecular flexibility index (Phi) is 5.76. The van der Waals surface area contributed by atoms with Gasteiger partial charge in [0.2, 0.25) is 15.9 Å². The van der Waals surface area contributed by atoms with E-state index in [0.717, 1.165) is 12.8 Å². The third-order valence-electron chi connectivity index (χ3n) is 4.41. The molecular weight excluding hydrogens is 366 g/mol. The highest BCUT2D eigenvalue weighted by Gasteiger charge is 2.32. The molecule has 1 fully saturated rings. The predicted octanol–water partition coefficient (Wildman–Crippen LogP) is 2.58. The van der Waals surface area contributed by atoms with E-state index in [-0.39, 0.29) is 16.9 Å². The first-order valence-electron chi connectivity index (χ1n) is 8.81. The van der Waals surface area contributed by atoms with E-state index >= 15 is 0 Å². The maximum absolute atomic E-state index is 13.1. The first-order valence-corrected chi connectivity index (χ1v) is 10.3. The molecule has 1 atom stereocenters. The Hall–Kier alpha value is -2.45. The van der Waals surface area contributed by atoms with Crippen molar-refractivity contribution in [2.24, 2.45) is 0 Å². The number of sulfonamides is 1. The van der Waals surface area contributed by atoms with E-state index in [1.54, 1.807) is 49.6 Å². The first-order chi connectivity index (χ1) is 12.9. The maximum atomic E-state index is 13.1. The van der Waals surface area contributed by atoms with Crippen molar-refractivity contribution >= 4 is 21.6 Å². The van der Waals surface area contributed by atoms with Crippen LogP contribution in [-0.4, -0.2) is 42.8 Å². The summed E-state index contributed by atoms with van der Waals surface area (Å²) in [5.74, 6) is 0.488. The van der Waals surface area contributed by atoms with E-state index in [2.05, 4.69) is 10.3 Å². The number of benzene rings is 1. The molecule has 0 bridgehead atoms. The lowest BCUT2D eigenvalue weighted by Gasteiger charge is -2.32. The van der Waals surface area contributed by atoms with Crippen molar-refractivity contribution in [3.8, 4) is 5.75 Å². The van der Waals surface area contributed by atoms with E-state index < -0.39 is 10.0 Å². The second-order valence-corrected chi connectivity index (χ2v) is 8.50. The molecule has 1 aromatic carbocycles. The average Bonchev–Trinajstić information content (AvgIpc) is 2.62. The zero-order valence-corrected chi connectivity index (χ0v) is 16.2. The van der Waals surface area contributed by atoms with Gasteiger partial charge in [0.25, 0.3) is 0 Å². The third-order valence-corrected chi connectivity index (χ3v) is 6.43. The van der Waals surface area contributed by atoms with E-state index in [0.29, 0.717) is 30.1 Å². The van der Waals surface area contributed by atoms with Gasteiger partial charge < -0.3 is 10.1 Å². The van der Waals surface area contributed by atoms with Crippen LogP contribution >= 0.6 is 0 Å². The molecule has 0 unspecified atom stereocenters. The van der Waals surface area contributed by atoms with Crippen LogP contribution in [0.1, 0.15) is 25.3 Å². The number of carbonyl (C=O) groups excluding carboxylic acids is 1. The molecule has 2 heterocycles. The van der Waals surface area contributed by atoms with Gasteiger partial charge in [0, 0.05) is 31.5 Å². The summed E-state index contributed by atoms with van der Waals surface area (Å²) < 4.78 is 33.6. The predicted molar refractivity (Wildman–Crippen MR) is 102 cm³/mol. The summed E-state index contributed by atoms with van der Waals surface area (Å²) >= 11 is 0. The van der Waals surface area contributed by atoms with E-state index in [1.165, 1.54) is 11.2 Å².